The maximum Gasteiger partial charge on any atom is 0.416 e. The van der Waals surface area contributed by atoms with Crippen molar-refractivity contribution in [3.8, 4) is 5.75 Å². The van der Waals surface area contributed by atoms with Gasteiger partial charge in [0.05, 0.1) is 16.1 Å². The number of halogens is 3. The number of aromatic hydroxyl groups is 1. The van der Waals surface area contributed by atoms with Gasteiger partial charge in [0, 0.05) is 18.7 Å². The second kappa shape index (κ2) is 7.44. The summed E-state index contributed by atoms with van der Waals surface area (Å²) in [6, 6.07) is 7.35. The summed E-state index contributed by atoms with van der Waals surface area (Å²) in [6.45, 7) is 0.799. The molecule has 2 aromatic carbocycles. The first kappa shape index (κ1) is 20.2. The molecule has 0 radical (unpaired) electrons. The Morgan fingerprint density at radius 2 is 1.75 bits per heavy atom. The van der Waals surface area contributed by atoms with Crippen molar-refractivity contribution in [2.45, 2.75) is 23.9 Å². The van der Waals surface area contributed by atoms with E-state index in [4.69, 9.17) is 0 Å². The third-order valence-electron chi connectivity index (χ3n) is 4.37. The van der Waals surface area contributed by atoms with Crippen LogP contribution in [0.25, 0.3) is 0 Å². The summed E-state index contributed by atoms with van der Waals surface area (Å²) < 4.78 is 65.0. The Kier molecular flexibility index (Phi) is 5.35. The molecule has 1 saturated heterocycles. The smallest absolute Gasteiger partial charge is 0.416 e. The Hall–Kier alpha value is -2.59. The van der Waals surface area contributed by atoms with Gasteiger partial charge in [0.25, 0.3) is 5.91 Å². The highest BCUT2D eigenvalue weighted by Gasteiger charge is 2.31. The Bertz CT molecular complexity index is 1000. The summed E-state index contributed by atoms with van der Waals surface area (Å²) in [5, 5.41) is 11.9. The normalized spacial score (nSPS) is 15.5. The van der Waals surface area contributed by atoms with Crippen molar-refractivity contribution < 1.29 is 31.5 Å². The van der Waals surface area contributed by atoms with E-state index in [0.717, 1.165) is 25.0 Å². The minimum atomic E-state index is -4.64. The van der Waals surface area contributed by atoms with Gasteiger partial charge in [0.2, 0.25) is 10.0 Å². The second-order valence-corrected chi connectivity index (χ2v) is 8.26. The van der Waals surface area contributed by atoms with Crippen LogP contribution in [0, 0.1) is 0 Å². The quantitative estimate of drug-likeness (QED) is 0.751. The van der Waals surface area contributed by atoms with Crippen molar-refractivity contribution in [3.63, 3.8) is 0 Å². The predicted molar refractivity (Wildman–Crippen MR) is 95.5 cm³/mol. The number of hydrogen-bond acceptors (Lipinski definition) is 4. The molecule has 0 unspecified atom stereocenters. The van der Waals surface area contributed by atoms with E-state index in [1.807, 2.05) is 0 Å². The number of phenols is 1. The van der Waals surface area contributed by atoms with Crippen molar-refractivity contribution >= 4 is 21.6 Å². The van der Waals surface area contributed by atoms with Gasteiger partial charge in [-0.25, -0.2) is 8.42 Å². The standard InChI is InChI=1S/C18H17F3N2O4S/c19-18(20,21)13-6-7-16(24)15(11-13)22-17(25)12-4-3-5-14(10-12)28(26,27)23-8-1-2-9-23/h3-7,10-11,24H,1-2,8-9H2,(H,22,25). The van der Waals surface area contributed by atoms with Gasteiger partial charge < -0.3 is 10.4 Å². The van der Waals surface area contributed by atoms with E-state index >= 15 is 0 Å². The van der Waals surface area contributed by atoms with Crippen LogP contribution in [0.15, 0.2) is 47.4 Å². The topological polar surface area (TPSA) is 86.7 Å². The summed E-state index contributed by atoms with van der Waals surface area (Å²) in [4.78, 5) is 12.3. The Morgan fingerprint density at radius 3 is 2.39 bits per heavy atom. The zero-order valence-corrected chi connectivity index (χ0v) is 15.3. The molecule has 0 bridgehead atoms. The van der Waals surface area contributed by atoms with Gasteiger partial charge in [0.1, 0.15) is 5.75 Å². The fraction of sp³-hybridized carbons (Fsp3) is 0.278. The van der Waals surface area contributed by atoms with E-state index in [0.29, 0.717) is 25.2 Å². The minimum absolute atomic E-state index is 0.0583. The number of carbonyl (C=O) groups is 1. The lowest BCUT2D eigenvalue weighted by atomic mass is 10.1. The van der Waals surface area contributed by atoms with Crippen molar-refractivity contribution in [2.75, 3.05) is 18.4 Å². The number of nitrogens with zero attached hydrogens (tertiary/aromatic N) is 1. The molecular formula is C18H17F3N2O4S. The lowest BCUT2D eigenvalue weighted by Gasteiger charge is -2.16. The second-order valence-electron chi connectivity index (χ2n) is 6.32. The average Bonchev–Trinajstić information content (AvgIpc) is 3.18. The van der Waals surface area contributed by atoms with E-state index < -0.39 is 39.1 Å². The number of benzene rings is 2. The van der Waals surface area contributed by atoms with Crippen molar-refractivity contribution in [2.24, 2.45) is 0 Å². The molecule has 3 rings (SSSR count). The van der Waals surface area contributed by atoms with Crippen LogP contribution in [0.4, 0.5) is 18.9 Å². The molecule has 0 aliphatic carbocycles. The number of phenolic OH excluding ortho intramolecular Hbond substituents is 1. The number of hydrogen-bond donors (Lipinski definition) is 2. The van der Waals surface area contributed by atoms with E-state index in [2.05, 4.69) is 5.32 Å². The fourth-order valence-corrected chi connectivity index (χ4v) is 4.45. The molecule has 2 aromatic rings. The number of rotatable bonds is 4. The van der Waals surface area contributed by atoms with E-state index in [1.54, 1.807) is 0 Å². The molecule has 28 heavy (non-hydrogen) atoms. The molecule has 150 valence electrons. The minimum Gasteiger partial charge on any atom is -0.506 e. The van der Waals surface area contributed by atoms with Gasteiger partial charge in [-0.2, -0.15) is 17.5 Å². The van der Waals surface area contributed by atoms with Crippen LogP contribution in [0.2, 0.25) is 0 Å². The molecule has 1 aliphatic heterocycles. The summed E-state index contributed by atoms with van der Waals surface area (Å²) in [7, 11) is -3.75. The van der Waals surface area contributed by atoms with Crippen LogP contribution < -0.4 is 5.32 Å². The van der Waals surface area contributed by atoms with Crippen LogP contribution in [-0.4, -0.2) is 36.8 Å². The highest BCUT2D eigenvalue weighted by molar-refractivity contribution is 7.89. The molecule has 0 saturated carbocycles. The summed E-state index contributed by atoms with van der Waals surface area (Å²) in [6.07, 6.45) is -3.13. The van der Waals surface area contributed by atoms with Crippen molar-refractivity contribution in [3.05, 3.63) is 53.6 Å². The number of carbonyl (C=O) groups excluding carboxylic acids is 1. The van der Waals surface area contributed by atoms with Crippen LogP contribution in [0.5, 0.6) is 5.75 Å². The third-order valence-corrected chi connectivity index (χ3v) is 6.27. The molecule has 1 fully saturated rings. The fourth-order valence-electron chi connectivity index (χ4n) is 2.88. The first-order valence-electron chi connectivity index (χ1n) is 8.41. The Labute approximate surface area is 159 Å². The largest absolute Gasteiger partial charge is 0.506 e. The maximum absolute atomic E-state index is 12.8. The molecule has 0 spiro atoms. The van der Waals surface area contributed by atoms with Crippen molar-refractivity contribution in [1.82, 2.24) is 4.31 Å². The van der Waals surface area contributed by atoms with Gasteiger partial charge in [0.15, 0.2) is 0 Å². The number of alkyl halides is 3. The summed E-state index contributed by atoms with van der Waals surface area (Å²) in [5.41, 5.74) is -1.52. The summed E-state index contributed by atoms with van der Waals surface area (Å²) >= 11 is 0. The SMILES string of the molecule is O=C(Nc1cc(C(F)(F)F)ccc1O)c1cccc(S(=O)(=O)N2CCCC2)c1. The van der Waals surface area contributed by atoms with Gasteiger partial charge in [-0.1, -0.05) is 6.07 Å². The number of anilines is 1. The molecule has 10 heteroatoms. The van der Waals surface area contributed by atoms with Crippen LogP contribution in [-0.2, 0) is 16.2 Å². The van der Waals surface area contributed by atoms with E-state index in [-0.39, 0.29) is 10.5 Å². The number of sulfonamides is 1. The lowest BCUT2D eigenvalue weighted by molar-refractivity contribution is -0.137. The Balaban J connectivity index is 1.86. The highest BCUT2D eigenvalue weighted by Crippen LogP contribution is 2.34. The van der Waals surface area contributed by atoms with Crippen LogP contribution >= 0.6 is 0 Å². The number of amides is 1. The first-order valence-corrected chi connectivity index (χ1v) is 9.85. The lowest BCUT2D eigenvalue weighted by Crippen LogP contribution is -2.28. The van der Waals surface area contributed by atoms with Gasteiger partial charge in [-0.15, -0.1) is 0 Å². The molecule has 0 atom stereocenters. The Morgan fingerprint density at radius 1 is 1.07 bits per heavy atom. The van der Waals surface area contributed by atoms with Gasteiger partial charge in [-0.3, -0.25) is 4.79 Å². The zero-order chi connectivity index (χ0) is 20.5. The monoisotopic (exact) mass is 414 g/mol. The summed E-state index contributed by atoms with van der Waals surface area (Å²) in [5.74, 6) is -1.38. The molecule has 1 amide bonds. The average molecular weight is 414 g/mol. The molecule has 1 heterocycles. The van der Waals surface area contributed by atoms with Crippen LogP contribution in [0.3, 0.4) is 0 Å². The molecule has 0 aromatic heterocycles. The van der Waals surface area contributed by atoms with E-state index in [1.165, 1.54) is 22.5 Å². The van der Waals surface area contributed by atoms with E-state index in [9.17, 15) is 31.5 Å². The van der Waals surface area contributed by atoms with Gasteiger partial charge in [-0.05, 0) is 49.2 Å². The molecule has 1 aliphatic rings. The third kappa shape index (κ3) is 4.12. The number of nitrogens with one attached hydrogen (secondary N) is 1. The zero-order valence-electron chi connectivity index (χ0n) is 14.5. The maximum atomic E-state index is 12.8. The molecular weight excluding hydrogens is 397 g/mol. The predicted octanol–water partition coefficient (Wildman–Crippen LogP) is 3.45. The van der Waals surface area contributed by atoms with Crippen molar-refractivity contribution in [1.29, 1.82) is 0 Å². The molecule has 2 N–H and O–H groups in total. The van der Waals surface area contributed by atoms with Gasteiger partial charge >= 0.3 is 6.18 Å². The first-order chi connectivity index (χ1) is 13.1. The van der Waals surface area contributed by atoms with Crippen LogP contribution in [0.1, 0.15) is 28.8 Å². The highest BCUT2D eigenvalue weighted by atomic mass is 32.2. The molecule has 6 nitrogen and oxygen atoms in total.